The lowest BCUT2D eigenvalue weighted by molar-refractivity contribution is -0.136. The lowest BCUT2D eigenvalue weighted by Crippen LogP contribution is -2.05. The van der Waals surface area contributed by atoms with Crippen LogP contribution in [0.3, 0.4) is 0 Å². The Bertz CT molecular complexity index is 1550. The number of nitrogens with zero attached hydrogens (tertiary/aromatic N) is 1. The number of carbonyl (C=O) groups is 1. The molecule has 5 aromatic rings. The lowest BCUT2D eigenvalue weighted by atomic mass is 9.90. The number of carboxylic acids is 1. The molecule has 1 aromatic heterocycles. The number of hydrogen-bond acceptors (Lipinski definition) is 4. The molecule has 0 bridgehead atoms. The quantitative estimate of drug-likeness (QED) is 0.231. The van der Waals surface area contributed by atoms with Gasteiger partial charge in [-0.3, -0.25) is 9.78 Å². The Labute approximate surface area is 216 Å². The van der Waals surface area contributed by atoms with Gasteiger partial charge in [-0.2, -0.15) is 0 Å². The second-order valence-corrected chi connectivity index (χ2v) is 9.19. The number of hydrogen-bond donors (Lipinski definition) is 3. The molecule has 184 valence electrons. The van der Waals surface area contributed by atoms with Crippen LogP contribution in [0.1, 0.15) is 33.9 Å². The number of aromatic nitrogens is 1. The molecule has 4 aromatic carbocycles. The van der Waals surface area contributed by atoms with Gasteiger partial charge in [-0.1, -0.05) is 84.9 Å². The smallest absolute Gasteiger partial charge is 0.307 e. The summed E-state index contributed by atoms with van der Waals surface area (Å²) in [7, 11) is 0. The Kier molecular flexibility index (Phi) is 6.97. The molecule has 3 N–H and O–H groups in total. The van der Waals surface area contributed by atoms with Gasteiger partial charge < -0.3 is 15.5 Å². The molecular weight excluding hydrogens is 460 g/mol. The number of carboxylic acid groups (broad SMARTS) is 1. The monoisotopic (exact) mass is 488 g/mol. The van der Waals surface area contributed by atoms with Crippen molar-refractivity contribution in [3.05, 3.63) is 131 Å². The highest BCUT2D eigenvalue weighted by Crippen LogP contribution is 2.38. The Hall–Kier alpha value is -4.48. The fourth-order valence-corrected chi connectivity index (χ4v) is 4.67. The van der Waals surface area contributed by atoms with Crippen molar-refractivity contribution in [1.82, 2.24) is 4.98 Å². The summed E-state index contributed by atoms with van der Waals surface area (Å²) in [6.45, 7) is 2.65. The first-order chi connectivity index (χ1) is 18.0. The third-order valence-corrected chi connectivity index (χ3v) is 6.56. The Morgan fingerprint density at radius 3 is 2.38 bits per heavy atom. The van der Waals surface area contributed by atoms with Gasteiger partial charge in [0.1, 0.15) is 6.10 Å². The largest absolute Gasteiger partial charge is 0.481 e. The number of benzene rings is 4. The fourth-order valence-electron chi connectivity index (χ4n) is 4.67. The van der Waals surface area contributed by atoms with Crippen LogP contribution >= 0.6 is 0 Å². The van der Waals surface area contributed by atoms with Crippen molar-refractivity contribution in [1.29, 1.82) is 0 Å². The zero-order valence-electron chi connectivity index (χ0n) is 20.6. The predicted molar refractivity (Wildman–Crippen MR) is 148 cm³/mol. The van der Waals surface area contributed by atoms with Crippen LogP contribution in [0.15, 0.2) is 103 Å². The number of aliphatic hydroxyl groups is 1. The number of pyridine rings is 1. The standard InChI is InChI=1S/C32H28N2O3/c1-21-7-5-12-27-30(28(20-34-31(21)27)32(37)24-8-3-2-4-9-24)25-10-6-11-26(18-25)33-19-23-15-13-22(14-16-23)17-29(35)36/h2-16,18,20,32-33,37H,17,19H2,1H3,(H,35,36). The summed E-state index contributed by atoms with van der Waals surface area (Å²) < 4.78 is 0. The van der Waals surface area contributed by atoms with Crippen LogP contribution in [0.2, 0.25) is 0 Å². The number of rotatable bonds is 8. The third-order valence-electron chi connectivity index (χ3n) is 6.56. The number of aliphatic carboxylic acids is 1. The number of anilines is 1. The molecule has 5 heteroatoms. The van der Waals surface area contributed by atoms with Crippen LogP contribution in [0.5, 0.6) is 0 Å². The van der Waals surface area contributed by atoms with Crippen LogP contribution in [0.4, 0.5) is 5.69 Å². The summed E-state index contributed by atoms with van der Waals surface area (Å²) in [6.07, 6.45) is 1.00. The average Bonchev–Trinajstić information content (AvgIpc) is 2.92. The van der Waals surface area contributed by atoms with E-state index in [1.807, 2.05) is 85.8 Å². The van der Waals surface area contributed by atoms with E-state index in [1.165, 1.54) is 0 Å². The van der Waals surface area contributed by atoms with Gasteiger partial charge in [0.25, 0.3) is 0 Å². The van der Waals surface area contributed by atoms with Crippen molar-refractivity contribution >= 4 is 22.6 Å². The molecule has 0 saturated carbocycles. The van der Waals surface area contributed by atoms with E-state index in [2.05, 4.69) is 23.5 Å². The molecular formula is C32H28N2O3. The Morgan fingerprint density at radius 2 is 1.62 bits per heavy atom. The normalized spacial score (nSPS) is 11.8. The minimum absolute atomic E-state index is 0.0201. The first-order valence-corrected chi connectivity index (χ1v) is 12.2. The van der Waals surface area contributed by atoms with Crippen LogP contribution < -0.4 is 5.32 Å². The summed E-state index contributed by atoms with van der Waals surface area (Å²) in [5.74, 6) is -0.835. The van der Waals surface area contributed by atoms with Gasteiger partial charge in [-0.05, 0) is 52.4 Å². The summed E-state index contributed by atoms with van der Waals surface area (Å²) >= 11 is 0. The van der Waals surface area contributed by atoms with Crippen LogP contribution in [-0.2, 0) is 17.8 Å². The maximum Gasteiger partial charge on any atom is 0.307 e. The summed E-state index contributed by atoms with van der Waals surface area (Å²) in [4.78, 5) is 15.7. The second-order valence-electron chi connectivity index (χ2n) is 9.19. The summed E-state index contributed by atoms with van der Waals surface area (Å²) in [6, 6.07) is 31.6. The second kappa shape index (κ2) is 10.6. The summed E-state index contributed by atoms with van der Waals surface area (Å²) in [5, 5.41) is 24.8. The fraction of sp³-hybridized carbons (Fsp3) is 0.125. The first-order valence-electron chi connectivity index (χ1n) is 12.2. The number of aliphatic hydroxyl groups excluding tert-OH is 1. The number of nitrogens with one attached hydrogen (secondary N) is 1. The minimum atomic E-state index is -0.835. The predicted octanol–water partition coefficient (Wildman–Crippen LogP) is 6.53. The number of para-hydroxylation sites is 1. The summed E-state index contributed by atoms with van der Waals surface area (Å²) in [5.41, 5.74) is 8.32. The van der Waals surface area contributed by atoms with E-state index in [0.29, 0.717) is 6.54 Å². The van der Waals surface area contributed by atoms with Crippen molar-refractivity contribution < 1.29 is 15.0 Å². The van der Waals surface area contributed by atoms with Gasteiger partial charge in [0.05, 0.1) is 11.9 Å². The van der Waals surface area contributed by atoms with E-state index in [0.717, 1.165) is 55.5 Å². The zero-order valence-corrected chi connectivity index (χ0v) is 20.6. The van der Waals surface area contributed by atoms with Gasteiger partial charge in [-0.15, -0.1) is 0 Å². The molecule has 5 nitrogen and oxygen atoms in total. The molecule has 37 heavy (non-hydrogen) atoms. The molecule has 0 amide bonds. The van der Waals surface area contributed by atoms with Crippen molar-refractivity contribution in [2.24, 2.45) is 0 Å². The van der Waals surface area contributed by atoms with E-state index in [9.17, 15) is 9.90 Å². The number of aryl methyl sites for hydroxylation is 1. The van der Waals surface area contributed by atoms with Crippen molar-refractivity contribution in [2.75, 3.05) is 5.32 Å². The van der Waals surface area contributed by atoms with E-state index in [1.54, 1.807) is 6.20 Å². The van der Waals surface area contributed by atoms with Crippen molar-refractivity contribution in [3.63, 3.8) is 0 Å². The highest BCUT2D eigenvalue weighted by atomic mass is 16.4. The molecule has 5 rings (SSSR count). The van der Waals surface area contributed by atoms with E-state index >= 15 is 0 Å². The van der Waals surface area contributed by atoms with Crippen molar-refractivity contribution in [2.45, 2.75) is 26.0 Å². The highest BCUT2D eigenvalue weighted by molar-refractivity contribution is 5.98. The molecule has 0 aliphatic carbocycles. The Balaban J connectivity index is 1.50. The molecule has 1 atom stereocenters. The first kappa shape index (κ1) is 24.2. The molecule has 0 radical (unpaired) electrons. The molecule has 0 saturated heterocycles. The lowest BCUT2D eigenvalue weighted by Gasteiger charge is -2.19. The van der Waals surface area contributed by atoms with Gasteiger partial charge in [-0.25, -0.2) is 0 Å². The van der Waals surface area contributed by atoms with E-state index in [4.69, 9.17) is 10.1 Å². The minimum Gasteiger partial charge on any atom is -0.481 e. The van der Waals surface area contributed by atoms with Crippen LogP contribution in [0.25, 0.3) is 22.0 Å². The van der Waals surface area contributed by atoms with Gasteiger partial charge in [0.2, 0.25) is 0 Å². The van der Waals surface area contributed by atoms with Gasteiger partial charge in [0.15, 0.2) is 0 Å². The molecule has 1 unspecified atom stereocenters. The van der Waals surface area contributed by atoms with E-state index < -0.39 is 12.1 Å². The maximum absolute atomic E-state index is 11.4. The maximum atomic E-state index is 11.4. The van der Waals surface area contributed by atoms with Crippen LogP contribution in [0, 0.1) is 6.92 Å². The molecule has 0 aliphatic heterocycles. The Morgan fingerprint density at radius 1 is 0.892 bits per heavy atom. The van der Waals surface area contributed by atoms with E-state index in [-0.39, 0.29) is 6.42 Å². The van der Waals surface area contributed by atoms with Gasteiger partial charge >= 0.3 is 5.97 Å². The van der Waals surface area contributed by atoms with Gasteiger partial charge in [0, 0.05) is 29.4 Å². The zero-order chi connectivity index (χ0) is 25.8. The van der Waals surface area contributed by atoms with Crippen LogP contribution in [-0.4, -0.2) is 21.2 Å². The molecule has 0 fully saturated rings. The molecule has 0 aliphatic rings. The molecule has 0 spiro atoms. The number of fused-ring (bicyclic) bond motifs is 1. The average molecular weight is 489 g/mol. The third kappa shape index (κ3) is 5.37. The van der Waals surface area contributed by atoms with Crippen molar-refractivity contribution in [3.8, 4) is 11.1 Å². The SMILES string of the molecule is Cc1cccc2c(-c3cccc(NCc4ccc(CC(=O)O)cc4)c3)c(C(O)c3ccccc3)cnc12. The molecule has 1 heterocycles. The highest BCUT2D eigenvalue weighted by Gasteiger charge is 2.20. The topological polar surface area (TPSA) is 82.5 Å².